The third kappa shape index (κ3) is 3.01. The van der Waals surface area contributed by atoms with Crippen LogP contribution in [0.25, 0.3) is 6.08 Å². The molecule has 3 atom stereocenters. The normalized spacial score (nSPS) is 26.4. The van der Waals surface area contributed by atoms with E-state index < -0.39 is 29.7 Å². The number of aromatic nitrogens is 3. The number of thioether (sulfide) groups is 1. The van der Waals surface area contributed by atoms with E-state index in [2.05, 4.69) is 10.1 Å². The highest BCUT2D eigenvalue weighted by atomic mass is 32.2. The predicted molar refractivity (Wildman–Crippen MR) is 73.3 cm³/mol. The number of rotatable bonds is 4. The van der Waals surface area contributed by atoms with E-state index in [-0.39, 0.29) is 18.7 Å². The molecule has 0 saturated carbocycles. The van der Waals surface area contributed by atoms with Crippen LogP contribution < -0.4 is 11.2 Å². The van der Waals surface area contributed by atoms with E-state index in [0.29, 0.717) is 0 Å². The fraction of sp³-hybridized carbons (Fsp3) is 0.545. The molecule has 2 rings (SSSR count). The van der Waals surface area contributed by atoms with Crippen LogP contribution in [0.2, 0.25) is 0 Å². The van der Waals surface area contributed by atoms with Gasteiger partial charge in [-0.25, -0.2) is 4.79 Å². The highest BCUT2D eigenvalue weighted by Crippen LogP contribution is 2.26. The number of hydrogen-bond acceptors (Lipinski definition) is 7. The Labute approximate surface area is 118 Å². The number of aliphatic hydroxyl groups is 2. The van der Waals surface area contributed by atoms with Crippen LogP contribution in [0.15, 0.2) is 15.0 Å². The maximum absolute atomic E-state index is 11.7. The summed E-state index contributed by atoms with van der Waals surface area (Å²) in [6.07, 6.45) is 0.974. The molecule has 0 spiro atoms. The smallest absolute Gasteiger partial charge is 0.347 e. The second kappa shape index (κ2) is 6.35. The lowest BCUT2D eigenvalue weighted by atomic mass is 10.2. The molecule has 1 fully saturated rings. The van der Waals surface area contributed by atoms with E-state index in [9.17, 15) is 14.7 Å². The minimum atomic E-state index is -0.879. The molecular formula is C11H15N3O5S. The van der Waals surface area contributed by atoms with Crippen molar-refractivity contribution in [2.24, 2.45) is 0 Å². The molecule has 0 aliphatic carbocycles. The zero-order valence-electron chi connectivity index (χ0n) is 10.7. The lowest BCUT2D eigenvalue weighted by molar-refractivity contribution is -0.0507. The number of H-pyrrole nitrogens is 1. The van der Waals surface area contributed by atoms with Gasteiger partial charge in [0, 0.05) is 6.42 Å². The SMILES string of the molecule is CS/C=C/c1nn(C2C[C@@H](O)[C@@H](CO)O2)c(=O)[nH]c1=O. The average molecular weight is 301 g/mol. The molecular weight excluding hydrogens is 286 g/mol. The van der Waals surface area contributed by atoms with Crippen molar-refractivity contribution in [2.75, 3.05) is 12.9 Å². The average Bonchev–Trinajstić information content (AvgIpc) is 2.79. The Morgan fingerprint density at radius 2 is 2.35 bits per heavy atom. The number of hydrogen-bond donors (Lipinski definition) is 3. The fourth-order valence-electron chi connectivity index (χ4n) is 1.89. The zero-order valence-corrected chi connectivity index (χ0v) is 11.5. The summed E-state index contributed by atoms with van der Waals surface area (Å²) in [7, 11) is 0. The molecule has 3 N–H and O–H groups in total. The Hall–Kier alpha value is -1.42. The van der Waals surface area contributed by atoms with Crippen molar-refractivity contribution < 1.29 is 14.9 Å². The van der Waals surface area contributed by atoms with Gasteiger partial charge in [-0.1, -0.05) is 0 Å². The molecule has 1 aliphatic rings. The van der Waals surface area contributed by atoms with Gasteiger partial charge in [0.05, 0.1) is 12.7 Å². The summed E-state index contributed by atoms with van der Waals surface area (Å²) < 4.78 is 6.31. The first-order valence-corrected chi connectivity index (χ1v) is 7.22. The minimum Gasteiger partial charge on any atom is -0.394 e. The topological polar surface area (TPSA) is 117 Å². The number of aliphatic hydroxyl groups excluding tert-OH is 2. The maximum atomic E-state index is 11.7. The summed E-state index contributed by atoms with van der Waals surface area (Å²) in [6.45, 7) is -0.352. The molecule has 2 heterocycles. The van der Waals surface area contributed by atoms with Gasteiger partial charge >= 0.3 is 5.69 Å². The monoisotopic (exact) mass is 301 g/mol. The van der Waals surface area contributed by atoms with Crippen LogP contribution in [0.3, 0.4) is 0 Å². The molecule has 0 aromatic carbocycles. The van der Waals surface area contributed by atoms with E-state index >= 15 is 0 Å². The molecule has 20 heavy (non-hydrogen) atoms. The first-order valence-electron chi connectivity index (χ1n) is 5.93. The number of ether oxygens (including phenoxy) is 1. The van der Waals surface area contributed by atoms with Gasteiger partial charge < -0.3 is 14.9 Å². The highest BCUT2D eigenvalue weighted by molar-refractivity contribution is 8.01. The van der Waals surface area contributed by atoms with Crippen LogP contribution in [0.4, 0.5) is 0 Å². The minimum absolute atomic E-state index is 0.0736. The van der Waals surface area contributed by atoms with Crippen molar-refractivity contribution in [2.45, 2.75) is 24.9 Å². The van der Waals surface area contributed by atoms with Crippen molar-refractivity contribution in [3.05, 3.63) is 31.9 Å². The maximum Gasteiger partial charge on any atom is 0.347 e. The summed E-state index contributed by atoms with van der Waals surface area (Å²) in [5.41, 5.74) is -1.23. The lowest BCUT2D eigenvalue weighted by Crippen LogP contribution is -2.36. The standard InChI is InChI=1S/C11H15N3O5S/c1-20-3-2-6-10(17)12-11(18)14(13-6)9-4-7(16)8(5-15)19-9/h2-3,7-9,15-16H,4-5H2,1H3,(H,12,17,18)/b3-2+/t7-,8-,9?/m1/s1. The molecule has 9 heteroatoms. The van der Waals surface area contributed by atoms with Gasteiger partial charge in [0.25, 0.3) is 5.56 Å². The van der Waals surface area contributed by atoms with Crippen LogP contribution in [-0.2, 0) is 4.74 Å². The Morgan fingerprint density at radius 1 is 1.60 bits per heavy atom. The van der Waals surface area contributed by atoms with E-state index in [4.69, 9.17) is 9.84 Å². The predicted octanol–water partition coefficient (Wildman–Crippen LogP) is -1.09. The van der Waals surface area contributed by atoms with Gasteiger partial charge in [-0.2, -0.15) is 9.78 Å². The molecule has 1 aromatic rings. The van der Waals surface area contributed by atoms with E-state index in [0.717, 1.165) is 4.68 Å². The summed E-state index contributed by atoms with van der Waals surface area (Å²) in [5.74, 6) is 0. The molecule has 0 radical (unpaired) electrons. The molecule has 1 unspecified atom stereocenters. The second-order valence-corrected chi connectivity index (χ2v) is 4.99. The number of aromatic amines is 1. The van der Waals surface area contributed by atoms with Gasteiger partial charge in [0.2, 0.25) is 0 Å². The van der Waals surface area contributed by atoms with Gasteiger partial charge in [-0.3, -0.25) is 9.78 Å². The lowest BCUT2D eigenvalue weighted by Gasteiger charge is -2.13. The number of nitrogens with zero attached hydrogens (tertiary/aromatic N) is 2. The third-order valence-corrected chi connectivity index (χ3v) is 3.30. The molecule has 8 nitrogen and oxygen atoms in total. The fourth-order valence-corrected chi connectivity index (χ4v) is 2.16. The van der Waals surface area contributed by atoms with E-state index in [1.165, 1.54) is 17.8 Å². The van der Waals surface area contributed by atoms with Crippen LogP contribution >= 0.6 is 11.8 Å². The zero-order chi connectivity index (χ0) is 14.7. The first kappa shape index (κ1) is 15.0. The van der Waals surface area contributed by atoms with E-state index in [1.54, 1.807) is 5.41 Å². The van der Waals surface area contributed by atoms with Crippen LogP contribution in [0, 0.1) is 0 Å². The van der Waals surface area contributed by atoms with Crippen molar-refractivity contribution >= 4 is 17.8 Å². The van der Waals surface area contributed by atoms with Crippen LogP contribution in [-0.4, -0.2) is 50.0 Å². The molecule has 1 saturated heterocycles. The van der Waals surface area contributed by atoms with Crippen LogP contribution in [0.1, 0.15) is 18.3 Å². The van der Waals surface area contributed by atoms with Gasteiger partial charge in [0.15, 0.2) is 6.23 Å². The Morgan fingerprint density at radius 3 is 2.95 bits per heavy atom. The van der Waals surface area contributed by atoms with Crippen molar-refractivity contribution in [1.29, 1.82) is 0 Å². The molecule has 0 amide bonds. The quantitative estimate of drug-likeness (QED) is 0.646. The van der Waals surface area contributed by atoms with Crippen LogP contribution in [0.5, 0.6) is 0 Å². The van der Waals surface area contributed by atoms with Crippen molar-refractivity contribution in [1.82, 2.24) is 14.8 Å². The summed E-state index contributed by atoms with van der Waals surface area (Å²) in [4.78, 5) is 25.5. The molecule has 1 aromatic heterocycles. The molecule has 0 bridgehead atoms. The van der Waals surface area contributed by atoms with Gasteiger partial charge in [-0.05, 0) is 17.7 Å². The molecule has 1 aliphatic heterocycles. The highest BCUT2D eigenvalue weighted by Gasteiger charge is 2.35. The Kier molecular flexibility index (Phi) is 4.76. The Bertz CT molecular complexity index is 611. The molecule has 110 valence electrons. The van der Waals surface area contributed by atoms with Gasteiger partial charge in [-0.15, -0.1) is 11.8 Å². The number of nitrogens with one attached hydrogen (secondary N) is 1. The third-order valence-electron chi connectivity index (χ3n) is 2.90. The Balaban J connectivity index is 2.35. The summed E-state index contributed by atoms with van der Waals surface area (Å²) in [5, 5.41) is 24.3. The van der Waals surface area contributed by atoms with Gasteiger partial charge in [0.1, 0.15) is 11.8 Å². The van der Waals surface area contributed by atoms with Crippen molar-refractivity contribution in [3.8, 4) is 0 Å². The van der Waals surface area contributed by atoms with Crippen molar-refractivity contribution in [3.63, 3.8) is 0 Å². The van der Waals surface area contributed by atoms with E-state index in [1.807, 2.05) is 6.26 Å². The first-order chi connectivity index (χ1) is 9.56. The largest absolute Gasteiger partial charge is 0.394 e. The summed E-state index contributed by atoms with van der Waals surface area (Å²) in [6, 6.07) is 0. The summed E-state index contributed by atoms with van der Waals surface area (Å²) >= 11 is 1.39. The second-order valence-electron chi connectivity index (χ2n) is 4.24.